The Morgan fingerprint density at radius 1 is 1.21 bits per heavy atom. The van der Waals surface area contributed by atoms with Crippen molar-refractivity contribution in [2.24, 2.45) is 0 Å². The molecule has 0 saturated carbocycles. The first kappa shape index (κ1) is 9.09. The van der Waals surface area contributed by atoms with Crippen LogP contribution in [0.3, 0.4) is 0 Å². The van der Waals surface area contributed by atoms with Crippen LogP contribution in [0.25, 0.3) is 10.8 Å². The van der Waals surface area contributed by atoms with E-state index in [4.69, 9.17) is 0 Å². The lowest BCUT2D eigenvalue weighted by atomic mass is 10.00. The Bertz CT molecular complexity index is 455. The molecule has 14 heavy (non-hydrogen) atoms. The lowest BCUT2D eigenvalue weighted by molar-refractivity contribution is 0.0756. The molecule has 0 amide bonds. The van der Waals surface area contributed by atoms with Crippen molar-refractivity contribution in [3.8, 4) is 0 Å². The molecule has 0 aliphatic rings. The van der Waals surface area contributed by atoms with Gasteiger partial charge in [0.2, 0.25) is 0 Å². The Morgan fingerprint density at radius 2 is 2.00 bits per heavy atom. The summed E-state index contributed by atoms with van der Waals surface area (Å²) in [5, 5.41) is 11.9. The lowest BCUT2D eigenvalue weighted by Crippen LogP contribution is -2.17. The van der Waals surface area contributed by atoms with E-state index in [9.17, 15) is 5.11 Å². The molecule has 0 aliphatic heterocycles. The molecular weight excluding hydrogens is 176 g/mol. The zero-order chi connectivity index (χ0) is 10.2. The zero-order valence-corrected chi connectivity index (χ0v) is 8.23. The molecular formula is C11H12N2O. The normalized spacial score (nSPS) is 11.9. The van der Waals surface area contributed by atoms with Crippen LogP contribution < -0.4 is 0 Å². The molecule has 3 heteroatoms. The van der Waals surface area contributed by atoms with Crippen LogP contribution in [0.15, 0.2) is 30.7 Å². The molecule has 2 heterocycles. The van der Waals surface area contributed by atoms with Crippen molar-refractivity contribution in [1.29, 1.82) is 0 Å². The summed E-state index contributed by atoms with van der Waals surface area (Å²) < 4.78 is 0. The molecule has 2 aromatic heterocycles. The maximum absolute atomic E-state index is 9.90. The Labute approximate surface area is 82.4 Å². The third-order valence-corrected chi connectivity index (χ3v) is 2.14. The van der Waals surface area contributed by atoms with Crippen LogP contribution >= 0.6 is 0 Å². The summed E-state index contributed by atoms with van der Waals surface area (Å²) in [6.45, 7) is 3.46. The van der Waals surface area contributed by atoms with Crippen LogP contribution in [0.4, 0.5) is 0 Å². The second-order valence-electron chi connectivity index (χ2n) is 3.82. The van der Waals surface area contributed by atoms with Gasteiger partial charge in [0.15, 0.2) is 0 Å². The maximum Gasteiger partial charge on any atom is 0.102 e. The summed E-state index contributed by atoms with van der Waals surface area (Å²) >= 11 is 0. The van der Waals surface area contributed by atoms with Crippen LogP contribution in [-0.4, -0.2) is 15.1 Å². The highest BCUT2D eigenvalue weighted by molar-refractivity contribution is 5.83. The number of aromatic nitrogens is 2. The highest BCUT2D eigenvalue weighted by Gasteiger charge is 2.19. The van der Waals surface area contributed by atoms with Crippen LogP contribution in [0.1, 0.15) is 19.5 Å². The topological polar surface area (TPSA) is 46.0 Å². The number of nitrogens with zero attached hydrogens (tertiary/aromatic N) is 2. The Morgan fingerprint density at radius 3 is 2.71 bits per heavy atom. The molecule has 0 fully saturated rings. The number of hydrogen-bond donors (Lipinski definition) is 1. The molecule has 0 unspecified atom stereocenters. The minimum absolute atomic E-state index is 0.692. The van der Waals surface area contributed by atoms with Gasteiger partial charge in [-0.1, -0.05) is 0 Å². The highest BCUT2D eigenvalue weighted by Crippen LogP contribution is 2.24. The van der Waals surface area contributed by atoms with E-state index in [1.54, 1.807) is 32.4 Å². The monoisotopic (exact) mass is 188 g/mol. The third kappa shape index (κ3) is 1.46. The second-order valence-corrected chi connectivity index (χ2v) is 3.82. The molecule has 2 aromatic rings. The van der Waals surface area contributed by atoms with Gasteiger partial charge in [-0.3, -0.25) is 9.97 Å². The average Bonchev–Trinajstić information content (AvgIpc) is 2.15. The van der Waals surface area contributed by atoms with Gasteiger partial charge in [-0.25, -0.2) is 0 Å². The third-order valence-electron chi connectivity index (χ3n) is 2.14. The largest absolute Gasteiger partial charge is 0.384 e. The lowest BCUT2D eigenvalue weighted by Gasteiger charge is -2.18. The van der Waals surface area contributed by atoms with E-state index < -0.39 is 5.60 Å². The van der Waals surface area contributed by atoms with Crippen LogP contribution in [0, 0.1) is 0 Å². The molecule has 3 nitrogen and oxygen atoms in total. The smallest absolute Gasteiger partial charge is 0.102 e. The van der Waals surface area contributed by atoms with Crippen molar-refractivity contribution in [2.45, 2.75) is 19.4 Å². The number of hydrogen-bond acceptors (Lipinski definition) is 3. The standard InChI is InChI=1S/C11H12N2O/c1-11(2,14)10-9-4-5-12-7-8(9)3-6-13-10/h3-7,14H,1-2H3. The van der Waals surface area contributed by atoms with Crippen molar-refractivity contribution < 1.29 is 5.11 Å². The van der Waals surface area contributed by atoms with Crippen LogP contribution in [0.2, 0.25) is 0 Å². The summed E-state index contributed by atoms with van der Waals surface area (Å²) in [6.07, 6.45) is 5.17. The van der Waals surface area contributed by atoms with Crippen molar-refractivity contribution in [3.63, 3.8) is 0 Å². The first-order chi connectivity index (χ1) is 6.59. The average molecular weight is 188 g/mol. The van der Waals surface area contributed by atoms with E-state index in [1.807, 2.05) is 12.1 Å². The number of pyridine rings is 2. The Balaban J connectivity index is 2.78. The Hall–Kier alpha value is -1.48. The summed E-state index contributed by atoms with van der Waals surface area (Å²) in [5.74, 6) is 0. The zero-order valence-electron chi connectivity index (χ0n) is 8.23. The van der Waals surface area contributed by atoms with Crippen molar-refractivity contribution in [2.75, 3.05) is 0 Å². The van der Waals surface area contributed by atoms with Gasteiger partial charge in [-0.05, 0) is 26.0 Å². The SMILES string of the molecule is CC(C)(O)c1nccc2cnccc12. The molecule has 0 saturated heterocycles. The molecule has 0 atom stereocenters. The minimum atomic E-state index is -0.916. The summed E-state index contributed by atoms with van der Waals surface area (Å²) in [6, 6.07) is 3.76. The quantitative estimate of drug-likeness (QED) is 0.743. The van der Waals surface area contributed by atoms with Gasteiger partial charge >= 0.3 is 0 Å². The van der Waals surface area contributed by atoms with E-state index in [2.05, 4.69) is 9.97 Å². The first-order valence-electron chi connectivity index (χ1n) is 4.50. The predicted octanol–water partition coefficient (Wildman–Crippen LogP) is 1.86. The van der Waals surface area contributed by atoms with Gasteiger partial charge in [0, 0.05) is 29.4 Å². The fourth-order valence-electron chi connectivity index (χ4n) is 1.50. The molecule has 0 bridgehead atoms. The molecule has 0 aromatic carbocycles. The van der Waals surface area contributed by atoms with E-state index in [0.29, 0.717) is 5.69 Å². The highest BCUT2D eigenvalue weighted by atomic mass is 16.3. The number of rotatable bonds is 1. The number of aliphatic hydroxyl groups is 1. The van der Waals surface area contributed by atoms with Gasteiger partial charge in [0.1, 0.15) is 5.60 Å². The van der Waals surface area contributed by atoms with Crippen molar-refractivity contribution >= 4 is 10.8 Å². The molecule has 2 rings (SSSR count). The van der Waals surface area contributed by atoms with E-state index >= 15 is 0 Å². The van der Waals surface area contributed by atoms with Gasteiger partial charge in [0.25, 0.3) is 0 Å². The first-order valence-corrected chi connectivity index (χ1v) is 4.50. The molecule has 0 aliphatic carbocycles. The summed E-state index contributed by atoms with van der Waals surface area (Å²) in [4.78, 5) is 8.23. The molecule has 0 spiro atoms. The van der Waals surface area contributed by atoms with Gasteiger partial charge in [0.05, 0.1) is 5.69 Å². The molecule has 72 valence electrons. The van der Waals surface area contributed by atoms with Crippen molar-refractivity contribution in [1.82, 2.24) is 9.97 Å². The fourth-order valence-corrected chi connectivity index (χ4v) is 1.50. The Kier molecular flexibility index (Phi) is 1.97. The van der Waals surface area contributed by atoms with Crippen LogP contribution in [0.5, 0.6) is 0 Å². The van der Waals surface area contributed by atoms with Gasteiger partial charge in [-0.2, -0.15) is 0 Å². The molecule has 0 radical (unpaired) electrons. The van der Waals surface area contributed by atoms with E-state index in [-0.39, 0.29) is 0 Å². The fraction of sp³-hybridized carbons (Fsp3) is 0.273. The molecule has 1 N–H and O–H groups in total. The van der Waals surface area contributed by atoms with Crippen molar-refractivity contribution in [3.05, 3.63) is 36.4 Å². The predicted molar refractivity (Wildman–Crippen MR) is 54.8 cm³/mol. The van der Waals surface area contributed by atoms with E-state index in [1.165, 1.54) is 0 Å². The van der Waals surface area contributed by atoms with E-state index in [0.717, 1.165) is 10.8 Å². The van der Waals surface area contributed by atoms with Gasteiger partial charge in [-0.15, -0.1) is 0 Å². The van der Waals surface area contributed by atoms with Crippen LogP contribution in [-0.2, 0) is 5.60 Å². The maximum atomic E-state index is 9.90. The minimum Gasteiger partial charge on any atom is -0.384 e. The van der Waals surface area contributed by atoms with Gasteiger partial charge < -0.3 is 5.11 Å². The second kappa shape index (κ2) is 3.03. The number of fused-ring (bicyclic) bond motifs is 1. The summed E-state index contributed by atoms with van der Waals surface area (Å²) in [7, 11) is 0. The summed E-state index contributed by atoms with van der Waals surface area (Å²) in [5.41, 5.74) is -0.224.